The summed E-state index contributed by atoms with van der Waals surface area (Å²) in [5.74, 6) is 0.00609. The molecule has 24 heavy (non-hydrogen) atoms. The highest BCUT2D eigenvalue weighted by Crippen LogP contribution is 2.32. The minimum absolute atomic E-state index is 0.00609. The van der Waals surface area contributed by atoms with Gasteiger partial charge in [0.05, 0.1) is 6.10 Å². The summed E-state index contributed by atoms with van der Waals surface area (Å²) in [6, 6.07) is 24.2. The molecular formula is C22H21ClO. The van der Waals surface area contributed by atoms with Crippen molar-refractivity contribution in [2.45, 2.75) is 25.9 Å². The fourth-order valence-electron chi connectivity index (χ4n) is 2.99. The maximum atomic E-state index is 10.7. The SMILES string of the molecule is Cc1ccccc1-c1ccc(C(O)C(C)c2ccc(Cl)cc2)cc1. The van der Waals surface area contributed by atoms with Crippen LogP contribution in [0.15, 0.2) is 72.8 Å². The Labute approximate surface area is 148 Å². The Hall–Kier alpha value is -2.09. The first-order chi connectivity index (χ1) is 11.6. The fraction of sp³-hybridized carbons (Fsp3) is 0.182. The summed E-state index contributed by atoms with van der Waals surface area (Å²) >= 11 is 5.94. The van der Waals surface area contributed by atoms with Gasteiger partial charge in [0.2, 0.25) is 0 Å². The van der Waals surface area contributed by atoms with E-state index in [0.29, 0.717) is 5.02 Å². The van der Waals surface area contributed by atoms with Crippen LogP contribution in [-0.4, -0.2) is 5.11 Å². The van der Waals surface area contributed by atoms with Gasteiger partial charge in [-0.25, -0.2) is 0 Å². The molecule has 0 aliphatic heterocycles. The summed E-state index contributed by atoms with van der Waals surface area (Å²) in [6.45, 7) is 4.14. The third kappa shape index (κ3) is 3.53. The molecule has 122 valence electrons. The Balaban J connectivity index is 1.82. The lowest BCUT2D eigenvalue weighted by molar-refractivity contribution is 0.151. The molecule has 1 nitrogen and oxygen atoms in total. The van der Waals surface area contributed by atoms with Crippen LogP contribution in [0.3, 0.4) is 0 Å². The standard InChI is InChI=1S/C22H21ClO/c1-15-5-3-4-6-21(15)18-7-9-19(10-8-18)22(24)16(2)17-11-13-20(23)14-12-17/h3-14,16,22,24H,1-2H3. The molecule has 0 aliphatic carbocycles. The average Bonchev–Trinajstić information content (AvgIpc) is 2.62. The molecule has 2 unspecified atom stereocenters. The molecule has 3 aromatic rings. The maximum Gasteiger partial charge on any atom is 0.0855 e. The van der Waals surface area contributed by atoms with Crippen LogP contribution in [0.5, 0.6) is 0 Å². The van der Waals surface area contributed by atoms with Crippen LogP contribution < -0.4 is 0 Å². The summed E-state index contributed by atoms with van der Waals surface area (Å²) < 4.78 is 0. The second-order valence-corrected chi connectivity index (χ2v) is 6.66. The van der Waals surface area contributed by atoms with Gasteiger partial charge in [0.1, 0.15) is 0 Å². The van der Waals surface area contributed by atoms with Crippen LogP contribution in [0.25, 0.3) is 11.1 Å². The number of rotatable bonds is 4. The third-order valence-electron chi connectivity index (χ3n) is 4.58. The van der Waals surface area contributed by atoms with Crippen LogP contribution in [0.4, 0.5) is 0 Å². The van der Waals surface area contributed by atoms with Crippen LogP contribution in [0.2, 0.25) is 5.02 Å². The summed E-state index contributed by atoms with van der Waals surface area (Å²) in [7, 11) is 0. The van der Waals surface area contributed by atoms with Gasteiger partial charge in [-0.05, 0) is 46.9 Å². The van der Waals surface area contributed by atoms with Gasteiger partial charge in [0, 0.05) is 10.9 Å². The minimum atomic E-state index is -0.544. The number of hydrogen-bond acceptors (Lipinski definition) is 1. The van der Waals surface area contributed by atoms with Crippen molar-refractivity contribution in [3.8, 4) is 11.1 Å². The van der Waals surface area contributed by atoms with E-state index in [2.05, 4.69) is 31.2 Å². The maximum absolute atomic E-state index is 10.7. The van der Waals surface area contributed by atoms with Crippen molar-refractivity contribution < 1.29 is 5.11 Å². The molecule has 0 fully saturated rings. The first kappa shape index (κ1) is 16.8. The fourth-order valence-corrected chi connectivity index (χ4v) is 3.12. The minimum Gasteiger partial charge on any atom is -0.388 e. The van der Waals surface area contributed by atoms with Crippen molar-refractivity contribution in [1.82, 2.24) is 0 Å². The van der Waals surface area contributed by atoms with Crippen molar-refractivity contribution in [1.29, 1.82) is 0 Å². The molecule has 0 spiro atoms. The van der Waals surface area contributed by atoms with Crippen molar-refractivity contribution in [2.75, 3.05) is 0 Å². The summed E-state index contributed by atoms with van der Waals surface area (Å²) in [5, 5.41) is 11.4. The summed E-state index contributed by atoms with van der Waals surface area (Å²) in [5.41, 5.74) is 5.65. The van der Waals surface area contributed by atoms with E-state index in [1.807, 2.05) is 55.5 Å². The van der Waals surface area contributed by atoms with Gasteiger partial charge in [0.25, 0.3) is 0 Å². The van der Waals surface area contributed by atoms with E-state index >= 15 is 0 Å². The molecule has 0 amide bonds. The second-order valence-electron chi connectivity index (χ2n) is 6.22. The Bertz CT molecular complexity index is 806. The lowest BCUT2D eigenvalue weighted by Gasteiger charge is -2.20. The molecule has 2 heteroatoms. The van der Waals surface area contributed by atoms with Crippen LogP contribution in [0.1, 0.15) is 35.6 Å². The van der Waals surface area contributed by atoms with Gasteiger partial charge in [-0.1, -0.05) is 79.2 Å². The third-order valence-corrected chi connectivity index (χ3v) is 4.83. The van der Waals surface area contributed by atoms with Gasteiger partial charge < -0.3 is 5.11 Å². The molecule has 0 saturated heterocycles. The number of aliphatic hydroxyl groups is 1. The predicted molar refractivity (Wildman–Crippen MR) is 101 cm³/mol. The average molecular weight is 337 g/mol. The smallest absolute Gasteiger partial charge is 0.0855 e. The Morgan fingerprint density at radius 1 is 0.792 bits per heavy atom. The summed E-state index contributed by atoms with van der Waals surface area (Å²) in [4.78, 5) is 0. The first-order valence-corrected chi connectivity index (χ1v) is 8.53. The monoisotopic (exact) mass is 336 g/mol. The van der Waals surface area contributed by atoms with Crippen LogP contribution in [0, 0.1) is 6.92 Å². The molecule has 0 saturated carbocycles. The van der Waals surface area contributed by atoms with Crippen molar-refractivity contribution in [3.05, 3.63) is 94.5 Å². The molecule has 0 aliphatic rings. The molecule has 0 radical (unpaired) electrons. The van der Waals surface area contributed by atoms with Gasteiger partial charge in [0.15, 0.2) is 0 Å². The second kappa shape index (κ2) is 7.21. The lowest BCUT2D eigenvalue weighted by Crippen LogP contribution is -2.07. The van der Waals surface area contributed by atoms with Crippen molar-refractivity contribution in [3.63, 3.8) is 0 Å². The molecule has 2 atom stereocenters. The topological polar surface area (TPSA) is 20.2 Å². The quantitative estimate of drug-likeness (QED) is 0.605. The van der Waals surface area contributed by atoms with Crippen LogP contribution in [-0.2, 0) is 0 Å². The molecular weight excluding hydrogens is 316 g/mol. The van der Waals surface area contributed by atoms with Crippen LogP contribution >= 0.6 is 11.6 Å². The highest BCUT2D eigenvalue weighted by molar-refractivity contribution is 6.30. The number of hydrogen-bond donors (Lipinski definition) is 1. The van der Waals surface area contributed by atoms with E-state index in [4.69, 9.17) is 11.6 Å². The van der Waals surface area contributed by atoms with Gasteiger partial charge in [-0.3, -0.25) is 0 Å². The van der Waals surface area contributed by atoms with E-state index in [0.717, 1.165) is 11.1 Å². The molecule has 0 bridgehead atoms. The Morgan fingerprint density at radius 2 is 1.38 bits per heavy atom. The van der Waals surface area contributed by atoms with Crippen molar-refractivity contribution in [2.24, 2.45) is 0 Å². The van der Waals surface area contributed by atoms with E-state index in [9.17, 15) is 5.11 Å². The molecule has 0 heterocycles. The molecule has 3 aromatic carbocycles. The van der Waals surface area contributed by atoms with Crippen molar-refractivity contribution >= 4 is 11.6 Å². The molecule has 1 N–H and O–H groups in total. The first-order valence-electron chi connectivity index (χ1n) is 8.16. The predicted octanol–water partition coefficient (Wildman–Crippen LogP) is 6.15. The number of benzene rings is 3. The number of aryl methyl sites for hydroxylation is 1. The van der Waals surface area contributed by atoms with E-state index in [1.54, 1.807) is 0 Å². The van der Waals surface area contributed by atoms with Gasteiger partial charge >= 0.3 is 0 Å². The summed E-state index contributed by atoms with van der Waals surface area (Å²) in [6.07, 6.45) is -0.544. The van der Waals surface area contributed by atoms with E-state index in [-0.39, 0.29) is 5.92 Å². The van der Waals surface area contributed by atoms with E-state index in [1.165, 1.54) is 16.7 Å². The normalized spacial score (nSPS) is 13.5. The molecule has 3 rings (SSSR count). The Morgan fingerprint density at radius 3 is 2.00 bits per heavy atom. The largest absolute Gasteiger partial charge is 0.388 e. The highest BCUT2D eigenvalue weighted by atomic mass is 35.5. The van der Waals surface area contributed by atoms with Gasteiger partial charge in [-0.2, -0.15) is 0 Å². The lowest BCUT2D eigenvalue weighted by atomic mass is 9.90. The zero-order chi connectivity index (χ0) is 17.1. The zero-order valence-electron chi connectivity index (χ0n) is 13.9. The number of aliphatic hydroxyl groups excluding tert-OH is 1. The zero-order valence-corrected chi connectivity index (χ0v) is 14.7. The Kier molecular flexibility index (Phi) is 5.03. The number of halogens is 1. The van der Waals surface area contributed by atoms with E-state index < -0.39 is 6.10 Å². The highest BCUT2D eigenvalue weighted by Gasteiger charge is 2.18. The van der Waals surface area contributed by atoms with Gasteiger partial charge in [-0.15, -0.1) is 0 Å². The molecule has 0 aromatic heterocycles.